The maximum Gasteiger partial charge on any atom is 0.335 e. The molecule has 9 heteroatoms. The first-order valence-corrected chi connectivity index (χ1v) is 11.1. The topological polar surface area (TPSA) is 120 Å². The molecule has 35 heavy (non-hydrogen) atoms. The zero-order valence-electron chi connectivity index (χ0n) is 19.0. The second kappa shape index (κ2) is 8.52. The number of piperazine rings is 1. The van der Waals surface area contributed by atoms with E-state index < -0.39 is 17.7 Å². The number of aromatic carboxylic acids is 1. The highest BCUT2D eigenvalue weighted by Gasteiger charge is 2.23. The molecule has 0 aliphatic carbocycles. The molecule has 0 spiro atoms. The van der Waals surface area contributed by atoms with Gasteiger partial charge in [-0.15, -0.1) is 0 Å². The maximum atomic E-state index is 15.0. The van der Waals surface area contributed by atoms with Crippen LogP contribution in [0.5, 0.6) is 0 Å². The molecule has 4 N–H and O–H groups in total. The van der Waals surface area contributed by atoms with Gasteiger partial charge in [0.15, 0.2) is 0 Å². The Kier molecular flexibility index (Phi) is 5.49. The number of rotatable bonds is 4. The summed E-state index contributed by atoms with van der Waals surface area (Å²) in [6.07, 6.45) is 0. The molecule has 8 nitrogen and oxygen atoms in total. The summed E-state index contributed by atoms with van der Waals surface area (Å²) in [7, 11) is 2.02. The van der Waals surface area contributed by atoms with Gasteiger partial charge in [0, 0.05) is 53.6 Å². The highest BCUT2D eigenvalue weighted by molar-refractivity contribution is 6.20. The third-order valence-electron chi connectivity index (χ3n) is 6.56. The van der Waals surface area contributed by atoms with E-state index in [9.17, 15) is 18.8 Å². The van der Waals surface area contributed by atoms with Crippen LogP contribution in [0.15, 0.2) is 48.5 Å². The minimum Gasteiger partial charge on any atom is -0.478 e. The molecule has 0 bridgehead atoms. The highest BCUT2D eigenvalue weighted by atomic mass is 19.1. The molecule has 0 saturated carbocycles. The van der Waals surface area contributed by atoms with Crippen LogP contribution in [0.3, 0.4) is 0 Å². The minimum atomic E-state index is -1.23. The molecule has 3 aromatic carbocycles. The number of carboxylic acids is 1. The number of aromatic amines is 1. The second-order valence-corrected chi connectivity index (χ2v) is 8.76. The van der Waals surface area contributed by atoms with Crippen molar-refractivity contribution in [3.8, 4) is 11.1 Å². The first-order valence-electron chi connectivity index (χ1n) is 11.1. The van der Waals surface area contributed by atoms with Crippen LogP contribution < -0.4 is 5.73 Å². The van der Waals surface area contributed by atoms with Crippen LogP contribution >= 0.6 is 0 Å². The standard InChI is InChI=1S/C26H23FN4O4/c1-30-8-10-31(11-9-30)25(33)14-2-5-18-21(13-14)29-23-19(24(28)32)7-6-17(22(18)23)16-4-3-15(26(34)35)12-20(16)27/h2-7,12-13,29H,8-11H2,1H3,(H2,28,32)(H,34,35). The van der Waals surface area contributed by atoms with Crippen molar-refractivity contribution in [3.05, 3.63) is 71.0 Å². The Labute approximate surface area is 199 Å². The van der Waals surface area contributed by atoms with E-state index >= 15 is 0 Å². The van der Waals surface area contributed by atoms with Gasteiger partial charge in [-0.2, -0.15) is 0 Å². The number of hydrogen-bond acceptors (Lipinski definition) is 4. The Balaban J connectivity index is 1.67. The molecule has 4 aromatic rings. The van der Waals surface area contributed by atoms with Crippen molar-refractivity contribution in [2.45, 2.75) is 0 Å². The van der Waals surface area contributed by atoms with Crippen LogP contribution in [-0.4, -0.2) is 70.9 Å². The number of nitrogens with two attached hydrogens (primary N) is 1. The number of H-pyrrole nitrogens is 1. The fourth-order valence-corrected chi connectivity index (χ4v) is 4.63. The summed E-state index contributed by atoms with van der Waals surface area (Å²) in [5, 5.41) is 10.4. The monoisotopic (exact) mass is 474 g/mol. The van der Waals surface area contributed by atoms with Gasteiger partial charge in [0.25, 0.3) is 11.8 Å². The van der Waals surface area contributed by atoms with Gasteiger partial charge >= 0.3 is 5.97 Å². The van der Waals surface area contributed by atoms with Gasteiger partial charge in [-0.25, -0.2) is 9.18 Å². The zero-order valence-corrected chi connectivity index (χ0v) is 19.0. The Morgan fingerprint density at radius 2 is 1.63 bits per heavy atom. The average Bonchev–Trinajstić information content (AvgIpc) is 3.22. The molecule has 2 heterocycles. The van der Waals surface area contributed by atoms with Gasteiger partial charge < -0.3 is 25.6 Å². The number of aromatic nitrogens is 1. The normalized spacial score (nSPS) is 14.5. The first-order chi connectivity index (χ1) is 16.7. The van der Waals surface area contributed by atoms with Crippen molar-refractivity contribution >= 4 is 39.6 Å². The molecule has 1 aromatic heterocycles. The van der Waals surface area contributed by atoms with Crippen LogP contribution in [-0.2, 0) is 0 Å². The summed E-state index contributed by atoms with van der Waals surface area (Å²) in [5.74, 6) is -2.66. The summed E-state index contributed by atoms with van der Waals surface area (Å²) < 4.78 is 15.0. The summed E-state index contributed by atoms with van der Waals surface area (Å²) in [6, 6.07) is 12.0. The Bertz CT molecular complexity index is 1520. The lowest BCUT2D eigenvalue weighted by molar-refractivity contribution is 0.0662. The predicted molar refractivity (Wildman–Crippen MR) is 130 cm³/mol. The molecule has 1 saturated heterocycles. The first kappa shape index (κ1) is 22.5. The van der Waals surface area contributed by atoms with E-state index in [0.29, 0.717) is 46.0 Å². The summed E-state index contributed by atoms with van der Waals surface area (Å²) in [5.41, 5.74) is 7.87. The predicted octanol–water partition coefficient (Wildman–Crippen LogP) is 3.31. The maximum absolute atomic E-state index is 15.0. The third kappa shape index (κ3) is 3.89. The van der Waals surface area contributed by atoms with Crippen molar-refractivity contribution in [2.75, 3.05) is 33.2 Å². The van der Waals surface area contributed by atoms with Gasteiger partial charge in [0.1, 0.15) is 5.82 Å². The van der Waals surface area contributed by atoms with Crippen molar-refractivity contribution < 1.29 is 23.9 Å². The molecule has 0 radical (unpaired) electrons. The van der Waals surface area contributed by atoms with Gasteiger partial charge in [-0.3, -0.25) is 9.59 Å². The number of carbonyl (C=O) groups excluding carboxylic acids is 2. The molecule has 1 aliphatic rings. The summed E-state index contributed by atoms with van der Waals surface area (Å²) >= 11 is 0. The average molecular weight is 474 g/mol. The lowest BCUT2D eigenvalue weighted by Crippen LogP contribution is -2.47. The van der Waals surface area contributed by atoms with Crippen molar-refractivity contribution in [2.24, 2.45) is 5.73 Å². The molecule has 0 atom stereocenters. The van der Waals surface area contributed by atoms with Crippen molar-refractivity contribution in [3.63, 3.8) is 0 Å². The summed E-state index contributed by atoms with van der Waals surface area (Å²) in [6.45, 7) is 2.89. The fourth-order valence-electron chi connectivity index (χ4n) is 4.63. The smallest absolute Gasteiger partial charge is 0.335 e. The zero-order chi connectivity index (χ0) is 24.9. The van der Waals surface area contributed by atoms with Crippen LogP contribution in [0.4, 0.5) is 4.39 Å². The van der Waals surface area contributed by atoms with Gasteiger partial charge in [-0.05, 0) is 42.9 Å². The number of carboxylic acid groups (broad SMARTS) is 1. The SMILES string of the molecule is CN1CCN(C(=O)c2ccc3c(c2)[nH]c2c(C(N)=O)ccc(-c4ccc(C(=O)O)cc4F)c23)CC1. The largest absolute Gasteiger partial charge is 0.478 e. The molecular formula is C26H23FN4O4. The van der Waals surface area contributed by atoms with Gasteiger partial charge in [0.2, 0.25) is 0 Å². The number of nitrogens with one attached hydrogen (secondary N) is 1. The quantitative estimate of drug-likeness (QED) is 0.419. The van der Waals surface area contributed by atoms with Crippen molar-refractivity contribution in [1.82, 2.24) is 14.8 Å². The minimum absolute atomic E-state index is 0.0793. The number of amides is 2. The number of likely N-dealkylation sites (N-methyl/N-ethyl adjacent to an activating group) is 1. The molecule has 1 fully saturated rings. The highest BCUT2D eigenvalue weighted by Crippen LogP contribution is 2.38. The van der Waals surface area contributed by atoms with Crippen LogP contribution in [0, 0.1) is 5.82 Å². The van der Waals surface area contributed by atoms with Gasteiger partial charge in [0.05, 0.1) is 16.6 Å². The molecule has 0 unspecified atom stereocenters. The molecule has 178 valence electrons. The van der Waals surface area contributed by atoms with Crippen LogP contribution in [0.2, 0.25) is 0 Å². The molecule has 1 aliphatic heterocycles. The Morgan fingerprint density at radius 3 is 2.29 bits per heavy atom. The van der Waals surface area contributed by atoms with Gasteiger partial charge in [-0.1, -0.05) is 18.2 Å². The molecular weight excluding hydrogens is 451 g/mol. The number of benzene rings is 3. The third-order valence-corrected chi connectivity index (χ3v) is 6.56. The van der Waals surface area contributed by atoms with Crippen molar-refractivity contribution in [1.29, 1.82) is 0 Å². The number of halogens is 1. The number of primary amides is 1. The van der Waals surface area contributed by atoms with E-state index in [1.807, 2.05) is 11.9 Å². The number of hydrogen-bond donors (Lipinski definition) is 3. The lowest BCUT2D eigenvalue weighted by atomic mass is 9.95. The number of fused-ring (bicyclic) bond motifs is 3. The molecule has 5 rings (SSSR count). The van der Waals surface area contributed by atoms with E-state index in [0.717, 1.165) is 19.2 Å². The van der Waals surface area contributed by atoms with E-state index in [2.05, 4.69) is 9.88 Å². The lowest BCUT2D eigenvalue weighted by Gasteiger charge is -2.32. The Hall–Kier alpha value is -4.24. The van der Waals surface area contributed by atoms with E-state index in [1.165, 1.54) is 18.2 Å². The van der Waals surface area contributed by atoms with E-state index in [-0.39, 0.29) is 22.6 Å². The fraction of sp³-hybridized carbons (Fsp3) is 0.192. The van der Waals surface area contributed by atoms with Crippen LogP contribution in [0.1, 0.15) is 31.1 Å². The van der Waals surface area contributed by atoms with Crippen LogP contribution in [0.25, 0.3) is 32.9 Å². The summed E-state index contributed by atoms with van der Waals surface area (Å²) in [4.78, 5) is 43.6. The number of nitrogens with zero attached hydrogens (tertiary/aromatic N) is 2. The molecule has 2 amide bonds. The number of carbonyl (C=O) groups is 3. The van der Waals surface area contributed by atoms with E-state index in [1.54, 1.807) is 24.3 Å². The van der Waals surface area contributed by atoms with E-state index in [4.69, 9.17) is 10.8 Å². The second-order valence-electron chi connectivity index (χ2n) is 8.76. The Morgan fingerprint density at radius 1 is 0.943 bits per heavy atom.